The maximum absolute atomic E-state index is 6.42. The van der Waals surface area contributed by atoms with E-state index in [1.165, 1.54) is 5.56 Å². The largest absolute Gasteiger partial charge is 0.509 e. The van der Waals surface area contributed by atoms with Gasteiger partial charge in [0.1, 0.15) is 5.82 Å². The number of fused-ring (bicyclic) bond motifs is 5. The van der Waals surface area contributed by atoms with E-state index in [1.54, 1.807) is 0 Å². The summed E-state index contributed by atoms with van der Waals surface area (Å²) in [5, 5.41) is 0. The van der Waals surface area contributed by atoms with Gasteiger partial charge in [0.15, 0.2) is 0 Å². The van der Waals surface area contributed by atoms with E-state index < -0.39 is 0 Å². The number of ether oxygens (including phenoxy) is 1. The van der Waals surface area contributed by atoms with Crippen molar-refractivity contribution in [2.24, 2.45) is 0 Å². The molecule has 2 aliphatic heterocycles. The minimum absolute atomic E-state index is 0. The summed E-state index contributed by atoms with van der Waals surface area (Å²) in [6.45, 7) is 2.03. The van der Waals surface area contributed by atoms with Crippen LogP contribution in [0.25, 0.3) is 22.3 Å². The first kappa shape index (κ1) is 27.7. The maximum Gasteiger partial charge on any atom is 0.135 e. The molecule has 216 valence electrons. The molecule has 6 heteroatoms. The Morgan fingerprint density at radius 2 is 1.27 bits per heavy atom. The van der Waals surface area contributed by atoms with Crippen LogP contribution in [-0.4, -0.2) is 4.98 Å². The van der Waals surface area contributed by atoms with Crippen molar-refractivity contribution in [2.45, 2.75) is 0 Å². The number of pyridine rings is 1. The second-order valence-corrected chi connectivity index (χ2v) is 10.2. The molecule has 5 aromatic carbocycles. The number of hydrogen-bond acceptors (Lipinski definition) is 5. The van der Waals surface area contributed by atoms with Crippen molar-refractivity contribution in [1.29, 1.82) is 0 Å². The molecule has 0 saturated carbocycles. The molecule has 0 bridgehead atoms. The molecule has 0 aliphatic carbocycles. The number of nitrogens with zero attached hydrogens (tertiary/aromatic N) is 4. The van der Waals surface area contributed by atoms with E-state index in [0.717, 1.165) is 45.3 Å². The van der Waals surface area contributed by atoms with E-state index in [0.29, 0.717) is 11.5 Å². The Labute approximate surface area is 271 Å². The fourth-order valence-corrected chi connectivity index (χ4v) is 5.63. The van der Waals surface area contributed by atoms with Crippen molar-refractivity contribution < 1.29 is 25.2 Å². The first-order valence-electron chi connectivity index (χ1n) is 14.1. The van der Waals surface area contributed by atoms with E-state index in [2.05, 4.69) is 88.7 Å². The third-order valence-corrected chi connectivity index (χ3v) is 7.59. The number of rotatable bonds is 5. The van der Waals surface area contributed by atoms with Crippen molar-refractivity contribution in [3.63, 3.8) is 0 Å². The number of aromatic nitrogens is 1. The molecule has 6 aromatic rings. The molecular weight excluding hydrogens is 635 g/mol. The Kier molecular flexibility index (Phi) is 7.46. The zero-order valence-electron chi connectivity index (χ0n) is 23.4. The Bertz CT molecular complexity index is 1960. The Hall–Kier alpha value is -5.15. The van der Waals surface area contributed by atoms with Gasteiger partial charge in [-0.15, -0.1) is 48.3 Å². The number of hydrogen-bond donors (Lipinski definition) is 0. The van der Waals surface area contributed by atoms with Gasteiger partial charge in [-0.05, 0) is 48.3 Å². The van der Waals surface area contributed by atoms with Gasteiger partial charge in [-0.3, -0.25) is 0 Å². The molecule has 44 heavy (non-hydrogen) atoms. The van der Waals surface area contributed by atoms with Crippen molar-refractivity contribution >= 4 is 28.6 Å². The second-order valence-electron chi connectivity index (χ2n) is 10.2. The first-order chi connectivity index (χ1) is 21.3. The second kappa shape index (κ2) is 11.9. The third kappa shape index (κ3) is 5.05. The summed E-state index contributed by atoms with van der Waals surface area (Å²) in [6.07, 6.45) is 5.86. The summed E-state index contributed by atoms with van der Waals surface area (Å²) in [6, 6.07) is 50.1. The molecule has 1 aromatic heterocycles. The summed E-state index contributed by atoms with van der Waals surface area (Å²) in [7, 11) is 0. The van der Waals surface area contributed by atoms with Gasteiger partial charge < -0.3 is 19.4 Å². The zero-order chi connectivity index (χ0) is 28.6. The van der Waals surface area contributed by atoms with Gasteiger partial charge in [0.25, 0.3) is 0 Å². The monoisotopic (exact) mass is 659 g/mol. The fraction of sp³-hybridized carbons (Fsp3) is 0. The topological polar surface area (TPSA) is 31.8 Å². The first-order valence-corrected chi connectivity index (χ1v) is 14.1. The Morgan fingerprint density at radius 3 is 2.09 bits per heavy atom. The molecule has 0 spiro atoms. The Morgan fingerprint density at radius 1 is 0.568 bits per heavy atom. The van der Waals surface area contributed by atoms with E-state index in [-0.39, 0.29) is 20.4 Å². The summed E-state index contributed by atoms with van der Waals surface area (Å²) < 4.78 is 6.42. The van der Waals surface area contributed by atoms with Crippen molar-refractivity contribution in [3.05, 3.63) is 165 Å². The smallest absolute Gasteiger partial charge is 0.135 e. The van der Waals surface area contributed by atoms with Crippen molar-refractivity contribution in [1.82, 2.24) is 4.98 Å². The van der Waals surface area contributed by atoms with E-state index in [9.17, 15) is 0 Å². The SMILES string of the molecule is [Pd].[c-]1c(Oc2[c-]c3c(cc2)-c2ccccc2-c2ccccc2N3c2ccccn2)cccc1N1C=CN(c2ccccc2)[CH-]1. The molecule has 0 unspecified atom stereocenters. The van der Waals surface area contributed by atoms with Crippen LogP contribution in [0.4, 0.5) is 28.6 Å². The van der Waals surface area contributed by atoms with E-state index in [1.807, 2.05) is 90.8 Å². The molecule has 0 atom stereocenters. The zero-order valence-corrected chi connectivity index (χ0v) is 25.0. The van der Waals surface area contributed by atoms with E-state index in [4.69, 9.17) is 9.72 Å². The van der Waals surface area contributed by atoms with Gasteiger partial charge in [-0.1, -0.05) is 78.0 Å². The standard InChI is InChI=1S/C38H25N4O.Pd/c1-2-11-28(12-3-1)40-23-24-41(27-40)29-13-10-14-30(25-29)43-31-20-21-35-33-16-5-4-15-32(33)34-17-6-7-18-36(34)42(37(35)26-31)38-19-8-9-22-39-38;/h1-24,27H;/q-3;. The minimum atomic E-state index is 0. The fourth-order valence-electron chi connectivity index (χ4n) is 5.63. The van der Waals surface area contributed by atoms with Gasteiger partial charge in [-0.25, -0.2) is 4.98 Å². The molecule has 0 radical (unpaired) electrons. The molecule has 0 saturated heterocycles. The number of benzene rings is 5. The molecule has 5 nitrogen and oxygen atoms in total. The molecular formula is C38H25N4OPd-3. The molecule has 3 heterocycles. The van der Waals surface area contributed by atoms with Crippen LogP contribution in [0.5, 0.6) is 11.5 Å². The van der Waals surface area contributed by atoms with E-state index >= 15 is 0 Å². The van der Waals surface area contributed by atoms with Crippen molar-refractivity contribution in [3.8, 4) is 33.8 Å². The molecule has 8 rings (SSSR count). The van der Waals surface area contributed by atoms with Crippen LogP contribution in [-0.2, 0) is 20.4 Å². The van der Waals surface area contributed by atoms with Crippen LogP contribution < -0.4 is 19.4 Å². The summed E-state index contributed by atoms with van der Waals surface area (Å²) in [5.74, 6) is 2.01. The molecule has 2 aliphatic rings. The van der Waals surface area contributed by atoms with Crippen LogP contribution in [0.2, 0.25) is 0 Å². The predicted octanol–water partition coefficient (Wildman–Crippen LogP) is 9.51. The van der Waals surface area contributed by atoms with Crippen LogP contribution in [0, 0.1) is 18.8 Å². The quantitative estimate of drug-likeness (QED) is 0.136. The van der Waals surface area contributed by atoms with Crippen LogP contribution >= 0.6 is 0 Å². The van der Waals surface area contributed by atoms with Gasteiger partial charge in [0.2, 0.25) is 0 Å². The number of para-hydroxylation sites is 2. The number of anilines is 5. The summed E-state index contributed by atoms with van der Waals surface area (Å²) >= 11 is 0. The third-order valence-electron chi connectivity index (χ3n) is 7.59. The summed E-state index contributed by atoms with van der Waals surface area (Å²) in [4.78, 5) is 11.0. The average molecular weight is 660 g/mol. The average Bonchev–Trinajstić information content (AvgIpc) is 3.53. The molecule has 0 amide bonds. The van der Waals surface area contributed by atoms with Gasteiger partial charge in [0, 0.05) is 49.4 Å². The summed E-state index contributed by atoms with van der Waals surface area (Å²) in [5.41, 5.74) is 8.37. The predicted molar refractivity (Wildman–Crippen MR) is 172 cm³/mol. The van der Waals surface area contributed by atoms with Gasteiger partial charge >= 0.3 is 0 Å². The van der Waals surface area contributed by atoms with Crippen molar-refractivity contribution in [2.75, 3.05) is 14.7 Å². The van der Waals surface area contributed by atoms with Crippen LogP contribution in [0.3, 0.4) is 0 Å². The van der Waals surface area contributed by atoms with Crippen LogP contribution in [0.15, 0.2) is 146 Å². The molecule has 0 fully saturated rings. The minimum Gasteiger partial charge on any atom is -0.509 e. The van der Waals surface area contributed by atoms with Gasteiger partial charge in [0.05, 0.1) is 5.69 Å². The molecule has 0 N–H and O–H groups in total. The van der Waals surface area contributed by atoms with Crippen LogP contribution in [0.1, 0.15) is 0 Å². The Balaban J connectivity index is 0.00000312. The van der Waals surface area contributed by atoms with Gasteiger partial charge in [-0.2, -0.15) is 12.1 Å². The normalized spacial score (nSPS) is 13.0. The maximum atomic E-state index is 6.42.